The third kappa shape index (κ3) is 4.51. The number of aromatic nitrogens is 1. The van der Waals surface area contributed by atoms with Crippen LogP contribution >= 0.6 is 0 Å². The molecule has 0 aromatic carbocycles. The fraction of sp³-hybridized carbons (Fsp3) is 0.588. The Kier molecular flexibility index (Phi) is 5.90. The molecule has 1 aromatic rings. The minimum absolute atomic E-state index is 0.0139. The van der Waals surface area contributed by atoms with Crippen LogP contribution in [-0.2, 0) is 6.18 Å². The molecule has 0 bridgehead atoms. The molecule has 0 aliphatic carbocycles. The Labute approximate surface area is 151 Å². The zero-order valence-corrected chi connectivity index (χ0v) is 15.4. The molecular formula is C17H25F3N6. The lowest BCUT2D eigenvalue weighted by Gasteiger charge is -2.38. The molecular weight excluding hydrogens is 345 g/mol. The number of hydrogen-bond acceptors (Lipinski definition) is 4. The normalized spacial score (nSPS) is 24.5. The maximum absolute atomic E-state index is 13.0. The van der Waals surface area contributed by atoms with E-state index in [2.05, 4.69) is 25.6 Å². The Morgan fingerprint density at radius 1 is 1.23 bits per heavy atom. The summed E-state index contributed by atoms with van der Waals surface area (Å²) in [5.74, 6) is -0.712. The highest BCUT2D eigenvalue weighted by atomic mass is 19.4. The molecule has 1 aliphatic rings. The molecule has 3 atom stereocenters. The molecule has 144 valence electrons. The summed E-state index contributed by atoms with van der Waals surface area (Å²) >= 11 is 0. The summed E-state index contributed by atoms with van der Waals surface area (Å²) in [7, 11) is 0. The lowest BCUT2D eigenvalue weighted by atomic mass is 10.00. The van der Waals surface area contributed by atoms with Crippen LogP contribution in [0, 0.1) is 5.92 Å². The van der Waals surface area contributed by atoms with Crippen molar-refractivity contribution in [1.29, 1.82) is 0 Å². The van der Waals surface area contributed by atoms with Crippen LogP contribution in [0.5, 0.6) is 0 Å². The highest BCUT2D eigenvalue weighted by Gasteiger charge is 2.37. The van der Waals surface area contributed by atoms with E-state index < -0.39 is 17.7 Å². The van der Waals surface area contributed by atoms with Crippen molar-refractivity contribution in [2.75, 3.05) is 0 Å². The molecule has 0 amide bonds. The number of aliphatic imine (C=N–C) groups is 2. The van der Waals surface area contributed by atoms with Gasteiger partial charge in [0.05, 0.1) is 6.04 Å². The molecule has 0 saturated carbocycles. The molecule has 3 unspecified atom stereocenters. The average Bonchev–Trinajstić information content (AvgIpc) is 2.59. The third-order valence-corrected chi connectivity index (χ3v) is 4.44. The number of rotatable bonds is 5. The van der Waals surface area contributed by atoms with Crippen LogP contribution in [-0.4, -0.2) is 28.6 Å². The number of amidine groups is 1. The highest BCUT2D eigenvalue weighted by Crippen LogP contribution is 2.28. The molecule has 2 heterocycles. The van der Waals surface area contributed by atoms with Crippen LogP contribution < -0.4 is 16.4 Å². The number of pyridine rings is 1. The van der Waals surface area contributed by atoms with E-state index in [0.29, 0.717) is 5.96 Å². The zero-order chi connectivity index (χ0) is 19.5. The Balaban J connectivity index is 2.49. The van der Waals surface area contributed by atoms with Crippen molar-refractivity contribution in [3.63, 3.8) is 0 Å². The summed E-state index contributed by atoms with van der Waals surface area (Å²) in [5, 5.41) is 6.00. The van der Waals surface area contributed by atoms with Crippen LogP contribution in [0.4, 0.5) is 13.2 Å². The Hall–Kier alpha value is -2.16. The van der Waals surface area contributed by atoms with E-state index in [-0.39, 0.29) is 23.5 Å². The van der Waals surface area contributed by atoms with Gasteiger partial charge >= 0.3 is 6.18 Å². The van der Waals surface area contributed by atoms with E-state index in [1.807, 2.05) is 27.7 Å². The van der Waals surface area contributed by atoms with Crippen LogP contribution in [0.3, 0.4) is 0 Å². The smallest absolute Gasteiger partial charge is 0.319 e. The van der Waals surface area contributed by atoms with E-state index in [9.17, 15) is 13.2 Å². The second-order valence-corrected chi connectivity index (χ2v) is 6.49. The monoisotopic (exact) mass is 370 g/mol. The molecule has 26 heavy (non-hydrogen) atoms. The first-order valence-corrected chi connectivity index (χ1v) is 8.65. The SMILES string of the molecule is CCC(C)N=C1NC(c2cccc(C(F)(F)F)n2)=NC(N)(C(C)CC)N1. The molecule has 4 N–H and O–H groups in total. The summed E-state index contributed by atoms with van der Waals surface area (Å²) < 4.78 is 38.9. The van der Waals surface area contributed by atoms with Gasteiger partial charge in [0.25, 0.3) is 0 Å². The summed E-state index contributed by atoms with van der Waals surface area (Å²) in [4.78, 5) is 12.6. The van der Waals surface area contributed by atoms with Crippen molar-refractivity contribution < 1.29 is 13.2 Å². The topological polar surface area (TPSA) is 87.7 Å². The first kappa shape index (κ1) is 20.2. The maximum atomic E-state index is 13.0. The number of guanidine groups is 1. The number of halogens is 3. The number of nitrogens with one attached hydrogen (secondary N) is 2. The van der Waals surface area contributed by atoms with Gasteiger partial charge in [-0.05, 0) is 31.9 Å². The van der Waals surface area contributed by atoms with Crippen molar-refractivity contribution in [3.8, 4) is 0 Å². The molecule has 2 rings (SSSR count). The third-order valence-electron chi connectivity index (χ3n) is 4.44. The van der Waals surface area contributed by atoms with E-state index in [4.69, 9.17) is 5.73 Å². The Morgan fingerprint density at radius 2 is 1.92 bits per heavy atom. The fourth-order valence-electron chi connectivity index (χ4n) is 2.34. The van der Waals surface area contributed by atoms with Gasteiger partial charge in [0.1, 0.15) is 11.4 Å². The predicted molar refractivity (Wildman–Crippen MR) is 95.6 cm³/mol. The van der Waals surface area contributed by atoms with Gasteiger partial charge in [0, 0.05) is 5.92 Å². The molecule has 0 spiro atoms. The average molecular weight is 370 g/mol. The van der Waals surface area contributed by atoms with Crippen LogP contribution in [0.25, 0.3) is 0 Å². The summed E-state index contributed by atoms with van der Waals surface area (Å²) in [5.41, 5.74) is 5.49. The molecule has 1 aliphatic heterocycles. The second-order valence-electron chi connectivity index (χ2n) is 6.49. The lowest BCUT2D eigenvalue weighted by Crippen LogP contribution is -2.66. The first-order valence-electron chi connectivity index (χ1n) is 8.65. The lowest BCUT2D eigenvalue weighted by molar-refractivity contribution is -0.141. The van der Waals surface area contributed by atoms with Gasteiger partial charge in [0.15, 0.2) is 17.6 Å². The highest BCUT2D eigenvalue weighted by molar-refractivity contribution is 6.09. The zero-order valence-electron chi connectivity index (χ0n) is 15.4. The van der Waals surface area contributed by atoms with E-state index in [1.165, 1.54) is 12.1 Å². The van der Waals surface area contributed by atoms with Crippen molar-refractivity contribution in [2.45, 2.75) is 58.5 Å². The van der Waals surface area contributed by atoms with Gasteiger partial charge < -0.3 is 10.6 Å². The first-order chi connectivity index (χ1) is 12.1. The molecule has 1 aromatic heterocycles. The standard InChI is InChI=1S/C17H25F3N6/c1-5-10(3)17(21)25-14(24-15(26-17)22-11(4)6-2)12-8-7-9-13(23-12)16(18,19)20/h7-11H,5-6,21H2,1-4H3,(H2,22,24,25,26). The van der Waals surface area contributed by atoms with Crippen molar-refractivity contribution in [1.82, 2.24) is 15.6 Å². The van der Waals surface area contributed by atoms with Gasteiger partial charge in [-0.15, -0.1) is 0 Å². The van der Waals surface area contributed by atoms with Crippen LogP contribution in [0.1, 0.15) is 51.9 Å². The summed E-state index contributed by atoms with van der Waals surface area (Å²) in [6.45, 7) is 7.81. The molecule has 9 heteroatoms. The maximum Gasteiger partial charge on any atom is 0.433 e. The van der Waals surface area contributed by atoms with Crippen molar-refractivity contribution in [3.05, 3.63) is 29.6 Å². The van der Waals surface area contributed by atoms with Gasteiger partial charge in [-0.1, -0.05) is 26.8 Å². The predicted octanol–water partition coefficient (Wildman–Crippen LogP) is 2.85. The second kappa shape index (κ2) is 7.61. The molecule has 0 radical (unpaired) electrons. The quantitative estimate of drug-likeness (QED) is 0.744. The number of hydrogen-bond donors (Lipinski definition) is 3. The largest absolute Gasteiger partial charge is 0.433 e. The van der Waals surface area contributed by atoms with Crippen LogP contribution in [0.2, 0.25) is 0 Å². The van der Waals surface area contributed by atoms with Gasteiger partial charge in [0.2, 0.25) is 0 Å². The summed E-state index contributed by atoms with van der Waals surface area (Å²) in [6.07, 6.45) is -3.00. The van der Waals surface area contributed by atoms with Gasteiger partial charge in [-0.3, -0.25) is 5.73 Å². The minimum Gasteiger partial charge on any atom is -0.319 e. The van der Waals surface area contributed by atoms with E-state index in [0.717, 1.165) is 18.9 Å². The van der Waals surface area contributed by atoms with Crippen molar-refractivity contribution in [2.24, 2.45) is 21.6 Å². The molecule has 0 fully saturated rings. The molecule has 6 nitrogen and oxygen atoms in total. The number of alkyl halides is 3. The van der Waals surface area contributed by atoms with Gasteiger partial charge in [-0.2, -0.15) is 13.2 Å². The molecule has 0 saturated heterocycles. The fourth-order valence-corrected chi connectivity index (χ4v) is 2.34. The minimum atomic E-state index is -4.53. The Bertz CT molecular complexity index is 700. The van der Waals surface area contributed by atoms with Crippen molar-refractivity contribution >= 4 is 11.8 Å². The van der Waals surface area contributed by atoms with Crippen LogP contribution in [0.15, 0.2) is 28.2 Å². The summed E-state index contributed by atoms with van der Waals surface area (Å²) in [6, 6.07) is 3.69. The number of nitrogens with two attached hydrogens (primary N) is 1. The van der Waals surface area contributed by atoms with Gasteiger partial charge in [-0.25, -0.2) is 15.0 Å². The van der Waals surface area contributed by atoms with E-state index >= 15 is 0 Å². The van der Waals surface area contributed by atoms with E-state index in [1.54, 1.807) is 0 Å². The Morgan fingerprint density at radius 3 is 2.50 bits per heavy atom. The number of nitrogens with zero attached hydrogens (tertiary/aromatic N) is 3.